The monoisotopic (exact) mass is 444 g/mol. The van der Waals surface area contributed by atoms with Crippen LogP contribution in [0.3, 0.4) is 0 Å². The van der Waals surface area contributed by atoms with Gasteiger partial charge in [0.2, 0.25) is 8.32 Å². The van der Waals surface area contributed by atoms with Crippen LogP contribution in [0.1, 0.15) is 22.3 Å². The molecule has 0 aromatic heterocycles. The molecule has 1 aliphatic rings. The minimum atomic E-state index is -2.33. The van der Waals surface area contributed by atoms with E-state index in [-0.39, 0.29) is 0 Å². The Labute approximate surface area is 197 Å². The van der Waals surface area contributed by atoms with Gasteiger partial charge in [0, 0.05) is 7.11 Å². The molecule has 0 radical (unpaired) electrons. The molecule has 0 aliphatic carbocycles. The quantitative estimate of drug-likeness (QED) is 0.283. The Morgan fingerprint density at radius 3 is 1.36 bits per heavy atom. The normalized spacial score (nSPS) is 18.5. The topological polar surface area (TPSA) is 9.23 Å². The van der Waals surface area contributed by atoms with Crippen molar-refractivity contribution in [2.45, 2.75) is 12.6 Å². The molecule has 0 saturated carbocycles. The number of hydrogen-bond acceptors (Lipinski definition) is 1. The number of allylic oxidation sites excluding steroid dienone is 3. The van der Waals surface area contributed by atoms with Crippen LogP contribution in [-0.4, -0.2) is 15.4 Å². The van der Waals surface area contributed by atoms with E-state index in [1.54, 1.807) is 0 Å². The predicted octanol–water partition coefficient (Wildman–Crippen LogP) is 7.98. The number of rotatable bonds is 5. The second-order valence-electron chi connectivity index (χ2n) is 8.68. The van der Waals surface area contributed by atoms with Crippen LogP contribution >= 0.6 is 0 Å². The fourth-order valence-electron chi connectivity index (χ4n) is 4.99. The average Bonchev–Trinajstić information content (AvgIpc) is 2.90. The molecule has 1 nitrogen and oxygen atoms in total. The largest absolute Gasteiger partial charge is 0.415 e. The highest BCUT2D eigenvalue weighted by Crippen LogP contribution is 2.52. The Balaban J connectivity index is 1.94. The summed E-state index contributed by atoms with van der Waals surface area (Å²) in [6.07, 6.45) is 0. The molecule has 2 heteroatoms. The molecule has 4 aromatic carbocycles. The summed E-state index contributed by atoms with van der Waals surface area (Å²) < 4.78 is 6.48. The molecular formula is C31H28OSi. The first-order chi connectivity index (χ1) is 16.2. The van der Waals surface area contributed by atoms with Crippen LogP contribution in [0, 0.1) is 0 Å². The minimum Gasteiger partial charge on any atom is -0.415 e. The summed E-state index contributed by atoms with van der Waals surface area (Å²) >= 11 is 0. The van der Waals surface area contributed by atoms with Gasteiger partial charge in [0.1, 0.15) is 0 Å². The molecule has 0 fully saturated rings. The van der Waals surface area contributed by atoms with E-state index in [2.05, 4.69) is 128 Å². The molecule has 1 atom stereocenters. The van der Waals surface area contributed by atoms with Crippen LogP contribution in [0.4, 0.5) is 0 Å². The maximum Gasteiger partial charge on any atom is 0.226 e. The first kappa shape index (κ1) is 21.4. The molecule has 0 amide bonds. The minimum absolute atomic E-state index is 0.929. The Hall–Kier alpha value is -3.46. The van der Waals surface area contributed by atoms with Gasteiger partial charge >= 0.3 is 0 Å². The highest BCUT2D eigenvalue weighted by molar-refractivity contribution is 6.94. The Bertz CT molecular complexity index is 1290. The van der Waals surface area contributed by atoms with Crippen LogP contribution in [-0.2, 0) is 4.43 Å². The fraction of sp³-hybridized carbons (Fsp3) is 0.0968. The Morgan fingerprint density at radius 2 is 0.909 bits per heavy atom. The summed E-state index contributed by atoms with van der Waals surface area (Å²) in [4.78, 5) is 0. The summed E-state index contributed by atoms with van der Waals surface area (Å²) in [7, 11) is -0.429. The molecule has 0 saturated heterocycles. The van der Waals surface area contributed by atoms with Crippen molar-refractivity contribution in [1.29, 1.82) is 0 Å². The van der Waals surface area contributed by atoms with Gasteiger partial charge in [-0.1, -0.05) is 121 Å². The van der Waals surface area contributed by atoms with E-state index < -0.39 is 8.32 Å². The van der Waals surface area contributed by atoms with Gasteiger partial charge in [-0.15, -0.1) is 0 Å². The molecule has 4 aromatic rings. The summed E-state index contributed by atoms with van der Waals surface area (Å²) in [6.45, 7) is 2.36. The molecule has 0 spiro atoms. The van der Waals surface area contributed by atoms with Crippen molar-refractivity contribution in [3.05, 3.63) is 144 Å². The molecule has 5 rings (SSSR count). The van der Waals surface area contributed by atoms with Gasteiger partial charge in [-0.25, -0.2) is 0 Å². The zero-order valence-corrected chi connectivity index (χ0v) is 20.2. The molecule has 162 valence electrons. The molecule has 0 bridgehead atoms. The third-order valence-electron chi connectivity index (χ3n) is 6.60. The van der Waals surface area contributed by atoms with Crippen LogP contribution < -0.4 is 0 Å². The van der Waals surface area contributed by atoms with Gasteiger partial charge in [-0.05, 0) is 56.8 Å². The third kappa shape index (κ3) is 4.04. The molecule has 0 N–H and O–H groups in total. The second kappa shape index (κ2) is 9.19. The summed E-state index contributed by atoms with van der Waals surface area (Å²) in [5.74, 6) is 0. The summed E-state index contributed by atoms with van der Waals surface area (Å²) in [5, 5.41) is 1.37. The van der Waals surface area contributed by atoms with Crippen molar-refractivity contribution in [3.63, 3.8) is 0 Å². The van der Waals surface area contributed by atoms with Crippen molar-refractivity contribution >= 4 is 30.2 Å². The maximum absolute atomic E-state index is 6.48. The molecule has 1 unspecified atom stereocenters. The number of hydrogen-bond donors (Lipinski definition) is 0. The smallest absolute Gasteiger partial charge is 0.226 e. The second-order valence-corrected chi connectivity index (χ2v) is 12.4. The van der Waals surface area contributed by atoms with E-state index in [1.165, 1.54) is 44.2 Å². The van der Waals surface area contributed by atoms with Crippen molar-refractivity contribution in [2.75, 3.05) is 7.11 Å². The molecule has 1 heterocycles. The van der Waals surface area contributed by atoms with Crippen molar-refractivity contribution in [1.82, 2.24) is 0 Å². The highest BCUT2D eigenvalue weighted by atomic mass is 28.4. The van der Waals surface area contributed by atoms with Gasteiger partial charge in [0.15, 0.2) is 0 Å². The van der Waals surface area contributed by atoms with Crippen LogP contribution in [0.25, 0.3) is 21.9 Å². The van der Waals surface area contributed by atoms with Crippen molar-refractivity contribution < 1.29 is 4.43 Å². The SMILES string of the molecule is CO[Si]1(C)CC(c2ccccc2)=C(c2ccccc2)C(c2ccccc2)=C1c1ccccc1. The molecule has 1 aliphatic heterocycles. The van der Waals surface area contributed by atoms with E-state index in [0.29, 0.717) is 0 Å². The van der Waals surface area contributed by atoms with Gasteiger partial charge in [0.25, 0.3) is 0 Å². The zero-order chi connectivity index (χ0) is 22.7. The molecule has 33 heavy (non-hydrogen) atoms. The van der Waals surface area contributed by atoms with E-state index in [4.69, 9.17) is 4.43 Å². The van der Waals surface area contributed by atoms with Gasteiger partial charge < -0.3 is 4.43 Å². The van der Waals surface area contributed by atoms with Gasteiger partial charge in [-0.3, -0.25) is 0 Å². The van der Waals surface area contributed by atoms with Crippen molar-refractivity contribution in [2.24, 2.45) is 0 Å². The zero-order valence-electron chi connectivity index (χ0n) is 19.2. The van der Waals surface area contributed by atoms with E-state index in [1.807, 2.05) is 7.11 Å². The van der Waals surface area contributed by atoms with Crippen LogP contribution in [0.5, 0.6) is 0 Å². The Kier molecular flexibility index (Phi) is 5.95. The third-order valence-corrected chi connectivity index (χ3v) is 10.1. The average molecular weight is 445 g/mol. The lowest BCUT2D eigenvalue weighted by atomic mass is 9.85. The van der Waals surface area contributed by atoms with Gasteiger partial charge in [0.05, 0.1) is 0 Å². The Morgan fingerprint density at radius 1 is 0.515 bits per heavy atom. The maximum atomic E-state index is 6.48. The highest BCUT2D eigenvalue weighted by Gasteiger charge is 2.42. The first-order valence-electron chi connectivity index (χ1n) is 11.5. The lowest BCUT2D eigenvalue weighted by molar-refractivity contribution is 0.414. The lowest BCUT2D eigenvalue weighted by Crippen LogP contribution is -2.38. The first-order valence-corrected chi connectivity index (χ1v) is 14.1. The van der Waals surface area contributed by atoms with Crippen LogP contribution in [0.15, 0.2) is 121 Å². The lowest BCUT2D eigenvalue weighted by Gasteiger charge is -2.38. The predicted molar refractivity (Wildman–Crippen MR) is 143 cm³/mol. The molecular weight excluding hydrogens is 416 g/mol. The van der Waals surface area contributed by atoms with Crippen molar-refractivity contribution in [3.8, 4) is 0 Å². The summed E-state index contributed by atoms with van der Waals surface area (Å²) in [6, 6.07) is 44.2. The van der Waals surface area contributed by atoms with E-state index in [9.17, 15) is 0 Å². The number of benzene rings is 4. The fourth-order valence-corrected chi connectivity index (χ4v) is 8.14. The summed E-state index contributed by atoms with van der Waals surface area (Å²) in [5.41, 5.74) is 9.00. The van der Waals surface area contributed by atoms with E-state index >= 15 is 0 Å². The van der Waals surface area contributed by atoms with E-state index in [0.717, 1.165) is 6.04 Å². The van der Waals surface area contributed by atoms with Gasteiger partial charge in [-0.2, -0.15) is 0 Å². The van der Waals surface area contributed by atoms with Crippen LogP contribution in [0.2, 0.25) is 12.6 Å². The standard InChI is InChI=1S/C31H28OSi/c1-32-33(2)23-28(24-15-7-3-8-16-24)29(25-17-9-4-10-18-25)30(26-19-11-5-12-20-26)31(33)27-21-13-6-14-22-27/h3-22H,23H2,1-2H3.